The summed E-state index contributed by atoms with van der Waals surface area (Å²) < 4.78 is 59.4. The highest BCUT2D eigenvalue weighted by Crippen LogP contribution is 2.38. The number of amides is 2. The Morgan fingerprint density at radius 1 is 1.16 bits per heavy atom. The molecule has 3 aliphatic heterocycles. The second-order valence-corrected chi connectivity index (χ2v) is 14.1. The first kappa shape index (κ1) is 29.6. The maximum absolute atomic E-state index is 14.0. The lowest BCUT2D eigenvalue weighted by atomic mass is 9.96. The van der Waals surface area contributed by atoms with E-state index in [0.717, 1.165) is 24.1 Å². The first-order valence-corrected chi connectivity index (χ1v) is 16.1. The zero-order chi connectivity index (χ0) is 30.8. The largest absolute Gasteiger partial charge is 0.417 e. The van der Waals surface area contributed by atoms with Gasteiger partial charge in [-0.2, -0.15) is 18.3 Å². The molecule has 1 aromatic carbocycles. The Kier molecular flexibility index (Phi) is 7.31. The summed E-state index contributed by atoms with van der Waals surface area (Å²) in [6.45, 7) is 6.65. The minimum absolute atomic E-state index is 0.0312. The molecule has 0 saturated carbocycles. The normalized spacial score (nSPS) is 24.4. The molecule has 0 bridgehead atoms. The van der Waals surface area contributed by atoms with E-state index < -0.39 is 32.4 Å². The van der Waals surface area contributed by atoms with E-state index in [1.807, 2.05) is 26.8 Å². The number of alkyl halides is 3. The van der Waals surface area contributed by atoms with E-state index in [1.54, 1.807) is 21.8 Å². The van der Waals surface area contributed by atoms with Crippen LogP contribution in [0.15, 0.2) is 45.9 Å². The summed E-state index contributed by atoms with van der Waals surface area (Å²) in [5.41, 5.74) is 1.23. The Hall–Kier alpha value is -3.45. The second kappa shape index (κ2) is 10.6. The molecule has 0 fully saturated rings. The molecule has 0 unspecified atom stereocenters. The van der Waals surface area contributed by atoms with Crippen LogP contribution in [-0.4, -0.2) is 65.5 Å². The summed E-state index contributed by atoms with van der Waals surface area (Å²) in [4.78, 5) is 35.2. The number of carbonyl (C=O) groups is 2. The van der Waals surface area contributed by atoms with Gasteiger partial charge >= 0.3 is 6.18 Å². The molecule has 9 nitrogen and oxygen atoms in total. The average molecular weight is 635 g/mol. The quantitative estimate of drug-likeness (QED) is 0.375. The molecular weight excluding hydrogens is 605 g/mol. The van der Waals surface area contributed by atoms with Gasteiger partial charge in [-0.05, 0) is 57.0 Å². The maximum atomic E-state index is 14.0. The van der Waals surface area contributed by atoms with Crippen LogP contribution < -0.4 is 0 Å². The van der Waals surface area contributed by atoms with Crippen LogP contribution >= 0.6 is 11.6 Å². The summed E-state index contributed by atoms with van der Waals surface area (Å²) in [5, 5.41) is 4.71. The van der Waals surface area contributed by atoms with Crippen molar-refractivity contribution in [1.29, 1.82) is 0 Å². The van der Waals surface area contributed by atoms with Crippen LogP contribution in [0.3, 0.4) is 0 Å². The van der Waals surface area contributed by atoms with Gasteiger partial charge in [0.2, 0.25) is 0 Å². The van der Waals surface area contributed by atoms with Crippen molar-refractivity contribution in [3.63, 3.8) is 0 Å². The highest BCUT2D eigenvalue weighted by atomic mass is 35.5. The minimum atomic E-state index is -4.71. The fourth-order valence-electron chi connectivity index (χ4n) is 6.05. The molecule has 228 valence electrons. The fourth-order valence-corrected chi connectivity index (χ4v) is 8.19. The molecule has 43 heavy (non-hydrogen) atoms. The molecule has 2 amide bonds. The molecular formula is C29H30ClF3N6O3S. The van der Waals surface area contributed by atoms with Crippen LogP contribution in [0.4, 0.5) is 13.2 Å². The Balaban J connectivity index is 1.28. The number of rotatable bonds is 4. The molecule has 0 aliphatic carbocycles. The van der Waals surface area contributed by atoms with Crippen molar-refractivity contribution in [2.45, 2.75) is 69.5 Å². The lowest BCUT2D eigenvalue weighted by Crippen LogP contribution is -2.45. The van der Waals surface area contributed by atoms with E-state index in [0.29, 0.717) is 47.2 Å². The van der Waals surface area contributed by atoms with Crippen LogP contribution in [-0.2, 0) is 28.9 Å². The van der Waals surface area contributed by atoms with Crippen LogP contribution in [0.1, 0.15) is 82.5 Å². The fraction of sp³-hybridized carbons (Fsp3) is 0.448. The van der Waals surface area contributed by atoms with Crippen molar-refractivity contribution < 1.29 is 27.0 Å². The van der Waals surface area contributed by atoms with Crippen LogP contribution in [0.25, 0.3) is 0 Å². The zero-order valence-corrected chi connectivity index (χ0v) is 25.3. The van der Waals surface area contributed by atoms with E-state index in [1.165, 1.54) is 11.0 Å². The number of benzene rings is 1. The Bertz CT molecular complexity index is 1750. The van der Waals surface area contributed by atoms with Crippen molar-refractivity contribution >= 4 is 33.1 Å². The van der Waals surface area contributed by atoms with Crippen LogP contribution in [0.5, 0.6) is 0 Å². The van der Waals surface area contributed by atoms with Gasteiger partial charge in [-0.3, -0.25) is 14.3 Å². The first-order valence-electron chi connectivity index (χ1n) is 14.0. The van der Waals surface area contributed by atoms with Gasteiger partial charge in [-0.25, -0.2) is 13.6 Å². The van der Waals surface area contributed by atoms with E-state index >= 15 is 0 Å². The van der Waals surface area contributed by atoms with Gasteiger partial charge in [0.1, 0.15) is 10.7 Å². The molecule has 0 spiro atoms. The van der Waals surface area contributed by atoms with Gasteiger partial charge in [-0.1, -0.05) is 17.7 Å². The lowest BCUT2D eigenvalue weighted by Gasteiger charge is -2.37. The predicted molar refractivity (Wildman–Crippen MR) is 153 cm³/mol. The lowest BCUT2D eigenvalue weighted by molar-refractivity contribution is -0.137. The van der Waals surface area contributed by atoms with Crippen LogP contribution in [0, 0.1) is 0 Å². The van der Waals surface area contributed by atoms with Crippen molar-refractivity contribution in [3.05, 3.63) is 75.2 Å². The Morgan fingerprint density at radius 2 is 1.93 bits per heavy atom. The third-order valence-corrected chi connectivity index (χ3v) is 11.1. The van der Waals surface area contributed by atoms with Gasteiger partial charge in [0.05, 0.1) is 44.6 Å². The summed E-state index contributed by atoms with van der Waals surface area (Å²) in [7, 11) is -2.48. The molecule has 3 aliphatic rings. The van der Waals surface area contributed by atoms with Crippen molar-refractivity contribution in [3.8, 4) is 0 Å². The summed E-state index contributed by atoms with van der Waals surface area (Å²) >= 11 is 5.77. The number of halogens is 4. The van der Waals surface area contributed by atoms with E-state index in [2.05, 4.69) is 9.35 Å². The molecule has 3 aromatic rings. The number of aromatic nitrogens is 3. The van der Waals surface area contributed by atoms with Gasteiger partial charge in [0, 0.05) is 48.6 Å². The molecule has 0 N–H and O–H groups in total. The van der Waals surface area contributed by atoms with Crippen molar-refractivity contribution in [2.24, 2.45) is 4.36 Å². The number of hydrogen-bond donors (Lipinski definition) is 0. The van der Waals surface area contributed by atoms with E-state index in [4.69, 9.17) is 16.7 Å². The standard InChI is InChI=1S/C29H30ClF3N6O3S/c1-16-11-24-21(15-37(16)27(40)19-5-7-23(30)22(12-19)29(31,32)33)26-28(41)38(14-17(2)39(26)36-24)18(3)20-6-8-25(34-13-20)43(42)10-4-9-35-43/h5-8,12-13,16-18H,4,9-11,14-15H2,1-3H3/t16-,17-,18+,43+/m1/s1. The van der Waals surface area contributed by atoms with Gasteiger partial charge in [0.25, 0.3) is 11.8 Å². The smallest absolute Gasteiger partial charge is 0.331 e. The van der Waals surface area contributed by atoms with Gasteiger partial charge in [-0.15, -0.1) is 0 Å². The number of hydrogen-bond acceptors (Lipinski definition) is 6. The van der Waals surface area contributed by atoms with Crippen molar-refractivity contribution in [2.75, 3.05) is 18.8 Å². The van der Waals surface area contributed by atoms with E-state index in [-0.39, 0.29) is 36.1 Å². The molecule has 0 saturated heterocycles. The molecule has 2 aromatic heterocycles. The topological polar surface area (TPSA) is 101 Å². The number of carbonyl (C=O) groups excluding carboxylic acids is 2. The monoisotopic (exact) mass is 634 g/mol. The highest BCUT2D eigenvalue weighted by Gasteiger charge is 2.41. The zero-order valence-electron chi connectivity index (χ0n) is 23.8. The minimum Gasteiger partial charge on any atom is -0.331 e. The van der Waals surface area contributed by atoms with Gasteiger partial charge < -0.3 is 9.80 Å². The third kappa shape index (κ3) is 5.09. The summed E-state index contributed by atoms with van der Waals surface area (Å²) in [5.74, 6) is -0.348. The maximum Gasteiger partial charge on any atom is 0.417 e. The summed E-state index contributed by atoms with van der Waals surface area (Å²) in [6.07, 6.45) is -1.94. The SMILES string of the molecule is C[C@@H]1Cc2nn3c(c2CN1C(=O)c1ccc(Cl)c(C(F)(F)F)c1)C(=O)N([C@@H](C)c1ccc([S@]2(=O)=NCCC2)nc1)C[C@H]3C. The highest BCUT2D eigenvalue weighted by molar-refractivity contribution is 7.93. The molecule has 4 atom stereocenters. The van der Waals surface area contributed by atoms with E-state index in [9.17, 15) is 27.0 Å². The number of nitrogens with zero attached hydrogens (tertiary/aromatic N) is 6. The number of fused-ring (bicyclic) bond motifs is 3. The number of pyridine rings is 1. The second-order valence-electron chi connectivity index (χ2n) is 11.4. The third-order valence-electron chi connectivity index (χ3n) is 8.48. The predicted octanol–water partition coefficient (Wildman–Crippen LogP) is 5.55. The Morgan fingerprint density at radius 3 is 2.58 bits per heavy atom. The molecule has 14 heteroatoms. The molecule has 6 rings (SSSR count). The molecule has 0 radical (unpaired) electrons. The molecule has 5 heterocycles. The average Bonchev–Trinajstić information content (AvgIpc) is 3.58. The van der Waals surface area contributed by atoms with Crippen molar-refractivity contribution in [1.82, 2.24) is 24.6 Å². The van der Waals surface area contributed by atoms with Crippen LogP contribution in [0.2, 0.25) is 5.02 Å². The first-order chi connectivity index (χ1) is 20.3. The van der Waals surface area contributed by atoms with Gasteiger partial charge in [0.15, 0.2) is 0 Å². The summed E-state index contributed by atoms with van der Waals surface area (Å²) in [6, 6.07) is 5.80. The Labute approximate surface area is 252 Å².